The lowest BCUT2D eigenvalue weighted by molar-refractivity contribution is 0.262. The number of amides is 2. The van der Waals surface area contributed by atoms with Crippen molar-refractivity contribution >= 4 is 57.2 Å². The minimum absolute atomic E-state index is 0.00201. The third-order valence-corrected chi connectivity index (χ3v) is 5.33. The molecule has 2 heterocycles. The van der Waals surface area contributed by atoms with Gasteiger partial charge < -0.3 is 5.32 Å². The van der Waals surface area contributed by atoms with E-state index in [1.807, 2.05) is 6.07 Å². The molecule has 0 bridgehead atoms. The van der Waals surface area contributed by atoms with Gasteiger partial charge in [0.15, 0.2) is 5.82 Å². The molecule has 2 aromatic rings. The Hall–Kier alpha value is -2.22. The van der Waals surface area contributed by atoms with Gasteiger partial charge in [-0.3, -0.25) is 19.1 Å². The summed E-state index contributed by atoms with van der Waals surface area (Å²) in [7, 11) is -3.07. The molecular weight excluding hydrogens is 389 g/mol. The average Bonchev–Trinajstić information content (AvgIpc) is 2.86. The summed E-state index contributed by atoms with van der Waals surface area (Å²) in [4.78, 5) is 16.2. The maximum Gasteiger partial charge on any atom is 0.324 e. The van der Waals surface area contributed by atoms with Crippen molar-refractivity contribution in [1.29, 1.82) is 5.26 Å². The molecule has 1 aliphatic rings. The Morgan fingerprint density at radius 1 is 1.36 bits per heavy atom. The first kappa shape index (κ1) is 17.6. The van der Waals surface area contributed by atoms with Crippen LogP contribution in [0, 0.1) is 11.3 Å². The Labute approximate surface area is 154 Å². The van der Waals surface area contributed by atoms with Crippen LogP contribution in [-0.2, 0) is 5.75 Å². The van der Waals surface area contributed by atoms with E-state index in [1.165, 1.54) is 6.07 Å². The molecule has 0 unspecified atom stereocenters. The lowest BCUT2D eigenvalue weighted by atomic mass is 10.2. The molecule has 8 nitrogen and oxygen atoms in total. The second kappa shape index (κ2) is 6.59. The molecule has 11 heteroatoms. The second-order valence-corrected chi connectivity index (χ2v) is 7.71. The van der Waals surface area contributed by atoms with Crippen molar-refractivity contribution in [3.05, 3.63) is 45.6 Å². The number of anilines is 3. The molecule has 1 aliphatic heterocycles. The van der Waals surface area contributed by atoms with E-state index < -0.39 is 16.8 Å². The molecule has 0 aliphatic carbocycles. The Kier molecular flexibility index (Phi) is 4.64. The number of nitriles is 1. The third-order valence-electron chi connectivity index (χ3n) is 3.27. The SMILES string of the molecule is N#Cc1cc2c(c(NC(=O)Nc3cccc(Cl)c3Cl)n1)NS(O)(O)C2. The molecule has 0 radical (unpaired) electrons. The van der Waals surface area contributed by atoms with Gasteiger partial charge in [0.05, 0.1) is 21.5 Å². The lowest BCUT2D eigenvalue weighted by Crippen LogP contribution is -2.21. The van der Waals surface area contributed by atoms with Gasteiger partial charge >= 0.3 is 6.03 Å². The minimum atomic E-state index is -3.07. The third kappa shape index (κ3) is 3.73. The Balaban J connectivity index is 1.86. The van der Waals surface area contributed by atoms with Crippen molar-refractivity contribution in [1.82, 2.24) is 4.98 Å². The minimum Gasteiger partial charge on any atom is -0.306 e. The number of aromatic nitrogens is 1. The molecule has 25 heavy (non-hydrogen) atoms. The summed E-state index contributed by atoms with van der Waals surface area (Å²) in [5.41, 5.74) is 1.06. The normalized spacial score (nSPS) is 15.5. The predicted molar refractivity (Wildman–Crippen MR) is 98.2 cm³/mol. The fraction of sp³-hybridized carbons (Fsp3) is 0.0714. The molecule has 3 rings (SSSR count). The van der Waals surface area contributed by atoms with Crippen LogP contribution in [-0.4, -0.2) is 20.1 Å². The van der Waals surface area contributed by atoms with Gasteiger partial charge in [-0.25, -0.2) is 9.78 Å². The van der Waals surface area contributed by atoms with Crippen molar-refractivity contribution in [3.8, 4) is 6.07 Å². The number of fused-ring (bicyclic) bond motifs is 1. The van der Waals surface area contributed by atoms with E-state index >= 15 is 0 Å². The molecule has 0 spiro atoms. The van der Waals surface area contributed by atoms with Crippen molar-refractivity contribution < 1.29 is 13.9 Å². The van der Waals surface area contributed by atoms with Crippen molar-refractivity contribution in [2.75, 3.05) is 15.4 Å². The Morgan fingerprint density at radius 2 is 2.12 bits per heavy atom. The van der Waals surface area contributed by atoms with Gasteiger partial charge in [0.25, 0.3) is 0 Å². The van der Waals surface area contributed by atoms with Crippen LogP contribution in [0.2, 0.25) is 10.0 Å². The highest BCUT2D eigenvalue weighted by atomic mass is 35.5. The summed E-state index contributed by atoms with van der Waals surface area (Å²) >= 11 is 11.9. The van der Waals surface area contributed by atoms with E-state index in [-0.39, 0.29) is 38.7 Å². The number of urea groups is 1. The molecule has 5 N–H and O–H groups in total. The van der Waals surface area contributed by atoms with Gasteiger partial charge in [-0.1, -0.05) is 29.3 Å². The topological polar surface area (TPSA) is 130 Å². The number of hydrogen-bond acceptors (Lipinski definition) is 6. The maximum absolute atomic E-state index is 12.2. The molecule has 130 valence electrons. The van der Waals surface area contributed by atoms with Crippen molar-refractivity contribution in [2.45, 2.75) is 5.75 Å². The van der Waals surface area contributed by atoms with Crippen LogP contribution in [0.3, 0.4) is 0 Å². The van der Waals surface area contributed by atoms with Crippen LogP contribution in [0.5, 0.6) is 0 Å². The summed E-state index contributed by atoms with van der Waals surface area (Å²) in [5, 5.41) is 14.5. The molecule has 0 saturated heterocycles. The van der Waals surface area contributed by atoms with E-state index in [2.05, 4.69) is 20.3 Å². The van der Waals surface area contributed by atoms with Crippen LogP contribution in [0.15, 0.2) is 24.3 Å². The molecule has 0 saturated carbocycles. The number of benzene rings is 1. The number of nitrogens with zero attached hydrogens (tertiary/aromatic N) is 2. The number of halogens is 2. The highest BCUT2D eigenvalue weighted by molar-refractivity contribution is 8.25. The van der Waals surface area contributed by atoms with E-state index in [4.69, 9.17) is 28.5 Å². The second-order valence-electron chi connectivity index (χ2n) is 5.10. The standard InChI is InChI=1S/C14H11Cl2N5O3S/c15-9-2-1-3-10(11(9)16)19-14(22)20-13-12-7(4-8(5-17)18-13)6-25(23,24)21-12/h1-4,21,23-24H,6H2,(H2,18,19,20,22). The first-order valence-corrected chi connectivity index (χ1v) is 9.26. The number of nitrogens with one attached hydrogen (secondary N) is 3. The number of pyridine rings is 1. The van der Waals surface area contributed by atoms with Gasteiger partial charge in [-0.2, -0.15) is 5.26 Å². The van der Waals surface area contributed by atoms with E-state index in [1.54, 1.807) is 18.2 Å². The summed E-state index contributed by atoms with van der Waals surface area (Å²) in [6.45, 7) is 0. The summed E-state index contributed by atoms with van der Waals surface area (Å²) < 4.78 is 22.1. The highest BCUT2D eigenvalue weighted by Gasteiger charge is 2.29. The Morgan fingerprint density at radius 3 is 2.84 bits per heavy atom. The van der Waals surface area contributed by atoms with Crippen LogP contribution in [0.1, 0.15) is 11.3 Å². The summed E-state index contributed by atoms with van der Waals surface area (Å²) in [5.74, 6) is -0.0714. The zero-order valence-corrected chi connectivity index (χ0v) is 14.7. The number of carbonyl (C=O) groups is 1. The summed E-state index contributed by atoms with van der Waals surface area (Å²) in [6, 6.07) is 7.37. The fourth-order valence-corrected chi connectivity index (χ4v) is 3.89. The fourth-order valence-electron chi connectivity index (χ4n) is 2.25. The van der Waals surface area contributed by atoms with E-state index in [0.29, 0.717) is 5.56 Å². The molecule has 2 amide bonds. The van der Waals surface area contributed by atoms with Crippen molar-refractivity contribution in [2.24, 2.45) is 0 Å². The summed E-state index contributed by atoms with van der Waals surface area (Å²) in [6.07, 6.45) is 0. The zero-order chi connectivity index (χ0) is 18.2. The first-order chi connectivity index (χ1) is 11.8. The lowest BCUT2D eigenvalue weighted by Gasteiger charge is -2.26. The van der Waals surface area contributed by atoms with Crippen molar-refractivity contribution in [3.63, 3.8) is 0 Å². The van der Waals surface area contributed by atoms with E-state index in [0.717, 1.165) is 0 Å². The smallest absolute Gasteiger partial charge is 0.306 e. The van der Waals surface area contributed by atoms with Crippen LogP contribution in [0.4, 0.5) is 22.0 Å². The maximum atomic E-state index is 12.2. The van der Waals surface area contributed by atoms with Crippen LogP contribution in [0.25, 0.3) is 0 Å². The molecule has 1 aromatic heterocycles. The zero-order valence-electron chi connectivity index (χ0n) is 12.4. The monoisotopic (exact) mass is 399 g/mol. The number of carbonyl (C=O) groups excluding carboxylic acids is 1. The van der Waals surface area contributed by atoms with Gasteiger partial charge in [0.1, 0.15) is 17.5 Å². The van der Waals surface area contributed by atoms with Gasteiger partial charge in [0.2, 0.25) is 0 Å². The number of hydrogen-bond donors (Lipinski definition) is 5. The molecule has 0 atom stereocenters. The largest absolute Gasteiger partial charge is 0.324 e. The molecule has 1 aromatic carbocycles. The van der Waals surface area contributed by atoms with E-state index in [9.17, 15) is 13.9 Å². The van der Waals surface area contributed by atoms with Gasteiger partial charge in [-0.05, 0) is 18.2 Å². The van der Waals surface area contributed by atoms with Gasteiger partial charge in [0, 0.05) is 5.56 Å². The first-order valence-electron chi connectivity index (χ1n) is 6.79. The number of rotatable bonds is 2. The van der Waals surface area contributed by atoms with Gasteiger partial charge in [-0.15, -0.1) is 10.8 Å². The Bertz CT molecular complexity index is 916. The van der Waals surface area contributed by atoms with Crippen LogP contribution >= 0.6 is 34.0 Å². The molecular formula is C14H11Cl2N5O3S. The predicted octanol–water partition coefficient (Wildman–Crippen LogP) is 4.50. The molecule has 0 fully saturated rings. The highest BCUT2D eigenvalue weighted by Crippen LogP contribution is 2.52. The average molecular weight is 400 g/mol. The quantitative estimate of drug-likeness (QED) is 0.505. The van der Waals surface area contributed by atoms with Crippen LogP contribution < -0.4 is 15.4 Å².